The van der Waals surface area contributed by atoms with Crippen LogP contribution in [-0.2, 0) is 13.1 Å². The highest BCUT2D eigenvalue weighted by molar-refractivity contribution is 5.93. The van der Waals surface area contributed by atoms with E-state index in [-0.39, 0.29) is 17.5 Å². The van der Waals surface area contributed by atoms with Crippen molar-refractivity contribution < 1.29 is 9.21 Å². The number of nitrogen functional groups attached to an aromatic ring is 1. The van der Waals surface area contributed by atoms with Gasteiger partial charge in [-0.25, -0.2) is 9.97 Å². The van der Waals surface area contributed by atoms with E-state index in [9.17, 15) is 4.79 Å². The molecule has 0 saturated carbocycles. The fourth-order valence-corrected chi connectivity index (χ4v) is 2.50. The van der Waals surface area contributed by atoms with Crippen LogP contribution >= 0.6 is 0 Å². The third-order valence-electron chi connectivity index (χ3n) is 3.64. The minimum atomic E-state index is -0.353. The molecule has 0 radical (unpaired) electrons. The van der Waals surface area contributed by atoms with Crippen molar-refractivity contribution in [2.75, 3.05) is 19.8 Å². The molecular weight excluding hydrogens is 332 g/mol. The lowest BCUT2D eigenvalue weighted by Gasteiger charge is -2.13. The molecule has 26 heavy (non-hydrogen) atoms. The Morgan fingerprint density at radius 3 is 2.85 bits per heavy atom. The first-order valence-corrected chi connectivity index (χ1v) is 8.07. The molecule has 3 N–H and O–H groups in total. The van der Waals surface area contributed by atoms with Gasteiger partial charge in [-0.3, -0.25) is 9.78 Å². The summed E-state index contributed by atoms with van der Waals surface area (Å²) in [6, 6.07) is 8.90. The molecular formula is C18H20N6O2. The molecule has 134 valence electrons. The van der Waals surface area contributed by atoms with Gasteiger partial charge in [-0.05, 0) is 43.9 Å². The topological polar surface area (TPSA) is 110 Å². The van der Waals surface area contributed by atoms with E-state index in [1.165, 1.54) is 6.26 Å². The number of pyridine rings is 1. The molecule has 0 aromatic carbocycles. The van der Waals surface area contributed by atoms with E-state index >= 15 is 0 Å². The normalized spacial score (nSPS) is 10.9. The number of hydrogen-bond donors (Lipinski definition) is 2. The molecule has 3 aromatic rings. The number of amides is 1. The van der Waals surface area contributed by atoms with Gasteiger partial charge in [0.05, 0.1) is 18.5 Å². The Labute approximate surface area is 151 Å². The number of nitrogens with zero attached hydrogens (tertiary/aromatic N) is 4. The van der Waals surface area contributed by atoms with Gasteiger partial charge in [0, 0.05) is 12.7 Å². The highest BCUT2D eigenvalue weighted by Gasteiger charge is 2.14. The summed E-state index contributed by atoms with van der Waals surface area (Å²) in [6.45, 7) is 1.03. The minimum absolute atomic E-state index is 0.00943. The monoisotopic (exact) mass is 352 g/mol. The fraction of sp³-hybridized carbons (Fsp3) is 0.222. The van der Waals surface area contributed by atoms with Crippen LogP contribution in [0.3, 0.4) is 0 Å². The van der Waals surface area contributed by atoms with E-state index in [2.05, 4.69) is 20.3 Å². The van der Waals surface area contributed by atoms with Gasteiger partial charge in [0.2, 0.25) is 5.95 Å². The Bertz CT molecular complexity index is 892. The number of anilines is 1. The quantitative estimate of drug-likeness (QED) is 0.695. The Kier molecular flexibility index (Phi) is 5.23. The van der Waals surface area contributed by atoms with Crippen molar-refractivity contribution in [3.63, 3.8) is 0 Å². The fourth-order valence-electron chi connectivity index (χ4n) is 2.50. The molecule has 0 spiro atoms. The molecule has 0 atom stereocenters. The lowest BCUT2D eigenvalue weighted by Crippen LogP contribution is -2.26. The van der Waals surface area contributed by atoms with Crippen LogP contribution in [0, 0.1) is 0 Å². The molecule has 0 fully saturated rings. The van der Waals surface area contributed by atoms with Gasteiger partial charge in [-0.1, -0.05) is 6.07 Å². The molecule has 8 nitrogen and oxygen atoms in total. The molecule has 3 aromatic heterocycles. The van der Waals surface area contributed by atoms with Crippen LogP contribution in [0.2, 0.25) is 0 Å². The smallest absolute Gasteiger partial charge is 0.270 e. The largest absolute Gasteiger partial charge is 0.463 e. The maximum Gasteiger partial charge on any atom is 0.270 e. The summed E-state index contributed by atoms with van der Waals surface area (Å²) >= 11 is 0. The van der Waals surface area contributed by atoms with Crippen LogP contribution in [0.25, 0.3) is 11.5 Å². The molecule has 3 rings (SSSR count). The van der Waals surface area contributed by atoms with Crippen LogP contribution in [0.4, 0.5) is 5.95 Å². The second-order valence-corrected chi connectivity index (χ2v) is 6.00. The first-order valence-electron chi connectivity index (χ1n) is 8.07. The Morgan fingerprint density at radius 2 is 2.12 bits per heavy atom. The van der Waals surface area contributed by atoms with Crippen LogP contribution < -0.4 is 11.1 Å². The second-order valence-electron chi connectivity index (χ2n) is 6.00. The number of hydrogen-bond acceptors (Lipinski definition) is 7. The maximum atomic E-state index is 12.5. The maximum absolute atomic E-state index is 12.5. The van der Waals surface area contributed by atoms with Gasteiger partial charge >= 0.3 is 0 Å². The van der Waals surface area contributed by atoms with Crippen LogP contribution in [0.15, 0.2) is 47.2 Å². The summed E-state index contributed by atoms with van der Waals surface area (Å²) in [6.07, 6.45) is 3.24. The third kappa shape index (κ3) is 4.22. The van der Waals surface area contributed by atoms with Crippen molar-refractivity contribution in [1.29, 1.82) is 0 Å². The van der Waals surface area contributed by atoms with E-state index in [1.54, 1.807) is 24.4 Å². The summed E-state index contributed by atoms with van der Waals surface area (Å²) < 4.78 is 5.30. The van der Waals surface area contributed by atoms with Crippen LogP contribution in [0.5, 0.6) is 0 Å². The van der Waals surface area contributed by atoms with Gasteiger partial charge in [0.1, 0.15) is 11.4 Å². The average molecular weight is 352 g/mol. The summed E-state index contributed by atoms with van der Waals surface area (Å²) in [5, 5.41) is 2.83. The van der Waals surface area contributed by atoms with Gasteiger partial charge < -0.3 is 20.4 Å². The lowest BCUT2D eigenvalue weighted by atomic mass is 10.2. The molecule has 0 saturated heterocycles. The van der Waals surface area contributed by atoms with Gasteiger partial charge in [-0.2, -0.15) is 0 Å². The number of furan rings is 1. The molecule has 0 aliphatic rings. The van der Waals surface area contributed by atoms with Crippen molar-refractivity contribution in [2.45, 2.75) is 13.1 Å². The van der Waals surface area contributed by atoms with E-state index < -0.39 is 0 Å². The molecule has 0 aliphatic carbocycles. The first kappa shape index (κ1) is 17.6. The molecule has 8 heteroatoms. The van der Waals surface area contributed by atoms with Gasteiger partial charge in [0.15, 0.2) is 5.76 Å². The summed E-state index contributed by atoms with van der Waals surface area (Å²) in [5.41, 5.74) is 8.22. The molecule has 0 aliphatic heterocycles. The summed E-state index contributed by atoms with van der Waals surface area (Å²) in [7, 11) is 3.96. The minimum Gasteiger partial charge on any atom is -0.463 e. The van der Waals surface area contributed by atoms with Crippen molar-refractivity contribution in [3.8, 4) is 11.5 Å². The van der Waals surface area contributed by atoms with Crippen molar-refractivity contribution >= 4 is 11.9 Å². The number of rotatable bonds is 6. The molecule has 3 heterocycles. The summed E-state index contributed by atoms with van der Waals surface area (Å²) in [5.74, 6) is 0.176. The highest BCUT2D eigenvalue weighted by atomic mass is 16.3. The van der Waals surface area contributed by atoms with E-state index in [0.29, 0.717) is 18.0 Å². The third-order valence-corrected chi connectivity index (χ3v) is 3.64. The number of aromatic nitrogens is 3. The number of nitrogens with one attached hydrogen (secondary N) is 1. The van der Waals surface area contributed by atoms with E-state index in [1.807, 2.05) is 31.1 Å². The molecule has 1 amide bonds. The Morgan fingerprint density at radius 1 is 1.27 bits per heavy atom. The molecule has 0 unspecified atom stereocenters. The molecule has 0 bridgehead atoms. The lowest BCUT2D eigenvalue weighted by molar-refractivity contribution is 0.0945. The number of carbonyl (C=O) groups is 1. The van der Waals surface area contributed by atoms with Crippen LogP contribution in [-0.4, -0.2) is 39.9 Å². The SMILES string of the molecule is CN(C)Cc1cccnc1CNC(=O)c1cc(-c2ccco2)nc(N)n1. The average Bonchev–Trinajstić information content (AvgIpc) is 3.14. The highest BCUT2D eigenvalue weighted by Crippen LogP contribution is 2.19. The zero-order valence-electron chi connectivity index (χ0n) is 14.6. The number of nitrogens with two attached hydrogens (primary N) is 1. The van der Waals surface area contributed by atoms with E-state index in [0.717, 1.165) is 17.8 Å². The van der Waals surface area contributed by atoms with Crippen LogP contribution in [0.1, 0.15) is 21.7 Å². The Hall–Kier alpha value is -3.26. The standard InChI is InChI=1S/C18H20N6O2/c1-24(2)11-12-5-3-7-20-15(12)10-21-17(25)14-9-13(22-18(19)23-14)16-6-4-8-26-16/h3-9H,10-11H2,1-2H3,(H,21,25)(H2,19,22,23). The zero-order valence-corrected chi connectivity index (χ0v) is 14.6. The second kappa shape index (κ2) is 7.75. The summed E-state index contributed by atoms with van der Waals surface area (Å²) in [4.78, 5) is 27.0. The predicted octanol–water partition coefficient (Wildman–Crippen LogP) is 1.71. The van der Waals surface area contributed by atoms with Crippen molar-refractivity contribution in [2.24, 2.45) is 0 Å². The van der Waals surface area contributed by atoms with E-state index in [4.69, 9.17) is 10.2 Å². The number of carbonyl (C=O) groups excluding carboxylic acids is 1. The first-order chi connectivity index (χ1) is 12.5. The Balaban J connectivity index is 1.75. The van der Waals surface area contributed by atoms with Crippen molar-refractivity contribution in [1.82, 2.24) is 25.2 Å². The zero-order chi connectivity index (χ0) is 18.5. The van der Waals surface area contributed by atoms with Gasteiger partial charge in [-0.15, -0.1) is 0 Å². The van der Waals surface area contributed by atoms with Crippen molar-refractivity contribution in [3.05, 3.63) is 59.7 Å². The predicted molar refractivity (Wildman–Crippen MR) is 96.9 cm³/mol. The van der Waals surface area contributed by atoms with Gasteiger partial charge in [0.25, 0.3) is 5.91 Å².